The lowest BCUT2D eigenvalue weighted by atomic mass is 9.83. The first-order valence-corrected chi connectivity index (χ1v) is 9.30. The predicted octanol–water partition coefficient (Wildman–Crippen LogP) is 2.11. The van der Waals surface area contributed by atoms with Gasteiger partial charge in [0.2, 0.25) is 11.8 Å². The van der Waals surface area contributed by atoms with Crippen LogP contribution in [0.25, 0.3) is 0 Å². The Kier molecular flexibility index (Phi) is 7.76. The number of amides is 2. The highest BCUT2D eigenvalue weighted by molar-refractivity contribution is 5.90. The smallest absolute Gasteiger partial charge is 0.328 e. The van der Waals surface area contributed by atoms with Crippen molar-refractivity contribution in [2.75, 3.05) is 7.11 Å². The van der Waals surface area contributed by atoms with E-state index in [4.69, 9.17) is 4.74 Å². The minimum atomic E-state index is -0.903. The average Bonchev–Trinajstić information content (AvgIpc) is 2.65. The molecule has 27 heavy (non-hydrogen) atoms. The number of hydrogen-bond acceptors (Lipinski definition) is 4. The Hall–Kier alpha value is -2.44. The van der Waals surface area contributed by atoms with Gasteiger partial charge >= 0.3 is 5.97 Å². The molecule has 6 nitrogen and oxygen atoms in total. The molecule has 2 rings (SSSR count). The number of methoxy groups -OCH3 is 1. The van der Waals surface area contributed by atoms with Crippen molar-refractivity contribution in [3.05, 3.63) is 35.6 Å². The van der Waals surface area contributed by atoms with Crippen LogP contribution in [-0.4, -0.2) is 37.0 Å². The van der Waals surface area contributed by atoms with E-state index in [0.717, 1.165) is 32.1 Å². The number of rotatable bonds is 7. The molecule has 0 radical (unpaired) electrons. The Morgan fingerprint density at radius 3 is 2.48 bits per heavy atom. The summed E-state index contributed by atoms with van der Waals surface area (Å²) in [5, 5.41) is 5.34. The summed E-state index contributed by atoms with van der Waals surface area (Å²) >= 11 is 0. The van der Waals surface area contributed by atoms with Gasteiger partial charge in [-0.2, -0.15) is 0 Å². The molecular weight excluding hydrogens is 351 g/mol. The zero-order valence-electron chi connectivity index (χ0n) is 15.8. The molecule has 0 aromatic heterocycles. The predicted molar refractivity (Wildman–Crippen MR) is 98.2 cm³/mol. The van der Waals surface area contributed by atoms with Crippen LogP contribution in [0.5, 0.6) is 0 Å². The summed E-state index contributed by atoms with van der Waals surface area (Å²) in [5.41, 5.74) is 0.580. The molecule has 7 heteroatoms. The maximum Gasteiger partial charge on any atom is 0.328 e. The lowest BCUT2D eigenvalue weighted by Gasteiger charge is -2.30. The zero-order chi connectivity index (χ0) is 19.8. The molecule has 0 bridgehead atoms. The van der Waals surface area contributed by atoms with E-state index in [1.807, 2.05) is 0 Å². The van der Waals surface area contributed by atoms with Crippen LogP contribution in [0.2, 0.25) is 0 Å². The normalized spacial score (nSPS) is 16.9. The fourth-order valence-electron chi connectivity index (χ4n) is 3.57. The van der Waals surface area contributed by atoms with Gasteiger partial charge in [-0.3, -0.25) is 9.59 Å². The summed E-state index contributed by atoms with van der Waals surface area (Å²) in [6.07, 6.45) is 4.94. The number of halogens is 1. The van der Waals surface area contributed by atoms with E-state index in [0.29, 0.717) is 5.56 Å². The van der Waals surface area contributed by atoms with Crippen molar-refractivity contribution in [3.8, 4) is 0 Å². The fraction of sp³-hybridized carbons (Fsp3) is 0.550. The number of nitrogens with one attached hydrogen (secondary N) is 2. The number of benzene rings is 1. The van der Waals surface area contributed by atoms with Crippen LogP contribution in [0.3, 0.4) is 0 Å². The first-order chi connectivity index (χ1) is 12.9. The molecule has 1 fully saturated rings. The van der Waals surface area contributed by atoms with Crippen molar-refractivity contribution in [1.29, 1.82) is 0 Å². The SMILES string of the molecule is COC(=O)[C@@H](NC(=O)[C@@H](Cc1cccc(F)c1)NC(C)=O)C1CCCCC1. The van der Waals surface area contributed by atoms with E-state index in [-0.39, 0.29) is 18.2 Å². The Balaban J connectivity index is 2.13. The van der Waals surface area contributed by atoms with Crippen molar-refractivity contribution in [1.82, 2.24) is 10.6 Å². The third kappa shape index (κ3) is 6.34. The molecule has 2 atom stereocenters. The Morgan fingerprint density at radius 1 is 1.19 bits per heavy atom. The lowest BCUT2D eigenvalue weighted by molar-refractivity contribution is -0.147. The minimum absolute atomic E-state index is 0.0160. The van der Waals surface area contributed by atoms with Crippen LogP contribution in [0.1, 0.15) is 44.6 Å². The highest BCUT2D eigenvalue weighted by atomic mass is 19.1. The molecule has 0 spiro atoms. The molecule has 2 N–H and O–H groups in total. The molecule has 0 aliphatic heterocycles. The Morgan fingerprint density at radius 2 is 1.89 bits per heavy atom. The van der Waals surface area contributed by atoms with E-state index in [2.05, 4.69) is 10.6 Å². The molecule has 1 aliphatic rings. The number of ether oxygens (including phenoxy) is 1. The molecule has 2 amide bonds. The van der Waals surface area contributed by atoms with E-state index in [1.165, 1.54) is 26.2 Å². The van der Waals surface area contributed by atoms with E-state index >= 15 is 0 Å². The molecule has 1 aromatic carbocycles. The topological polar surface area (TPSA) is 84.5 Å². The van der Waals surface area contributed by atoms with Gasteiger partial charge in [-0.05, 0) is 36.5 Å². The highest BCUT2D eigenvalue weighted by Gasteiger charge is 2.33. The number of esters is 1. The van der Waals surface area contributed by atoms with Crippen molar-refractivity contribution >= 4 is 17.8 Å². The summed E-state index contributed by atoms with van der Waals surface area (Å²) in [6, 6.07) is 4.22. The van der Waals surface area contributed by atoms with Crippen molar-refractivity contribution in [3.63, 3.8) is 0 Å². The van der Waals surface area contributed by atoms with Crippen molar-refractivity contribution in [2.45, 2.75) is 57.5 Å². The summed E-state index contributed by atoms with van der Waals surface area (Å²) in [6.45, 7) is 1.31. The van der Waals surface area contributed by atoms with Crippen LogP contribution < -0.4 is 10.6 Å². The first kappa shape index (κ1) is 20.9. The molecule has 1 aromatic rings. The van der Waals surface area contributed by atoms with Gasteiger partial charge in [-0.1, -0.05) is 31.4 Å². The van der Waals surface area contributed by atoms with Gasteiger partial charge in [-0.15, -0.1) is 0 Å². The van der Waals surface area contributed by atoms with E-state index in [9.17, 15) is 18.8 Å². The number of carbonyl (C=O) groups is 3. The molecule has 148 valence electrons. The van der Waals surface area contributed by atoms with Gasteiger partial charge in [-0.25, -0.2) is 9.18 Å². The molecule has 1 aliphatic carbocycles. The van der Waals surface area contributed by atoms with Crippen molar-refractivity contribution in [2.24, 2.45) is 5.92 Å². The Bertz CT molecular complexity index is 674. The maximum absolute atomic E-state index is 13.4. The molecule has 0 unspecified atom stereocenters. The Labute approximate surface area is 158 Å². The largest absolute Gasteiger partial charge is 0.467 e. The van der Waals surface area contributed by atoms with Gasteiger partial charge in [0, 0.05) is 13.3 Å². The number of hydrogen-bond donors (Lipinski definition) is 2. The molecular formula is C20H27FN2O4. The molecule has 1 saturated carbocycles. The van der Waals surface area contributed by atoms with Crippen LogP contribution in [0.4, 0.5) is 4.39 Å². The average molecular weight is 378 g/mol. The minimum Gasteiger partial charge on any atom is -0.467 e. The van der Waals surface area contributed by atoms with Crippen LogP contribution >= 0.6 is 0 Å². The third-order valence-electron chi connectivity index (χ3n) is 4.90. The second kappa shape index (κ2) is 10.0. The summed E-state index contributed by atoms with van der Waals surface area (Å²) in [4.78, 5) is 36.6. The van der Waals surface area contributed by atoms with E-state index < -0.39 is 29.8 Å². The van der Waals surface area contributed by atoms with Crippen LogP contribution in [-0.2, 0) is 25.5 Å². The second-order valence-corrected chi connectivity index (χ2v) is 6.99. The van der Waals surface area contributed by atoms with Gasteiger partial charge in [0.15, 0.2) is 0 Å². The monoisotopic (exact) mass is 378 g/mol. The van der Waals surface area contributed by atoms with Gasteiger partial charge in [0.1, 0.15) is 17.9 Å². The first-order valence-electron chi connectivity index (χ1n) is 9.30. The van der Waals surface area contributed by atoms with Crippen LogP contribution in [0, 0.1) is 11.7 Å². The molecule has 0 heterocycles. The summed E-state index contributed by atoms with van der Waals surface area (Å²) < 4.78 is 18.3. The van der Waals surface area contributed by atoms with Gasteiger partial charge < -0.3 is 15.4 Å². The van der Waals surface area contributed by atoms with Crippen LogP contribution in [0.15, 0.2) is 24.3 Å². The zero-order valence-corrected chi connectivity index (χ0v) is 15.8. The lowest BCUT2D eigenvalue weighted by Crippen LogP contribution is -2.54. The summed E-state index contributed by atoms with van der Waals surface area (Å²) in [5.74, 6) is -1.73. The fourth-order valence-corrected chi connectivity index (χ4v) is 3.57. The quantitative estimate of drug-likeness (QED) is 0.712. The van der Waals surface area contributed by atoms with Crippen molar-refractivity contribution < 1.29 is 23.5 Å². The number of carbonyl (C=O) groups excluding carboxylic acids is 3. The molecule has 0 saturated heterocycles. The third-order valence-corrected chi connectivity index (χ3v) is 4.90. The standard InChI is InChI=1S/C20H27FN2O4/c1-13(24)22-17(12-14-7-6-10-16(21)11-14)19(25)23-18(20(26)27-2)15-8-4-3-5-9-15/h6-7,10-11,15,17-18H,3-5,8-9,12H2,1-2H3,(H,22,24)(H,23,25)/t17-,18+/m1/s1. The van der Waals surface area contributed by atoms with Gasteiger partial charge in [0.05, 0.1) is 7.11 Å². The van der Waals surface area contributed by atoms with Gasteiger partial charge in [0.25, 0.3) is 0 Å². The maximum atomic E-state index is 13.4. The summed E-state index contributed by atoms with van der Waals surface area (Å²) in [7, 11) is 1.29. The van der Waals surface area contributed by atoms with E-state index in [1.54, 1.807) is 12.1 Å². The highest BCUT2D eigenvalue weighted by Crippen LogP contribution is 2.27. The second-order valence-electron chi connectivity index (χ2n) is 6.99.